The van der Waals surface area contributed by atoms with Gasteiger partial charge in [-0.05, 0) is 26.2 Å². The van der Waals surface area contributed by atoms with Gasteiger partial charge in [0.15, 0.2) is 4.21 Å². The maximum absolute atomic E-state index is 12.9. The number of hydrogen-bond donors (Lipinski definition) is 1. The van der Waals surface area contributed by atoms with Crippen molar-refractivity contribution in [2.75, 3.05) is 13.1 Å². The lowest BCUT2D eigenvalue weighted by Gasteiger charge is -2.34. The molecular formula is C13H21N3O3S2. The Bertz CT molecular complexity index is 637. The average molecular weight is 331 g/mol. The van der Waals surface area contributed by atoms with Gasteiger partial charge in [-0.2, -0.15) is 4.31 Å². The van der Waals surface area contributed by atoms with Gasteiger partial charge < -0.3 is 5.32 Å². The summed E-state index contributed by atoms with van der Waals surface area (Å²) in [5, 5.41) is 3.47. The molecule has 1 aromatic rings. The van der Waals surface area contributed by atoms with E-state index in [1.54, 1.807) is 13.8 Å². The summed E-state index contributed by atoms with van der Waals surface area (Å²) in [5.74, 6) is 0.0262. The smallest absolute Gasteiger partial charge is 0.255 e. The molecule has 0 aliphatic carbocycles. The average Bonchev–Trinajstić information content (AvgIpc) is 2.71. The maximum atomic E-state index is 12.9. The van der Waals surface area contributed by atoms with Crippen LogP contribution < -0.4 is 5.32 Å². The number of rotatable bonds is 4. The van der Waals surface area contributed by atoms with Gasteiger partial charge in [0.2, 0.25) is 5.91 Å². The Kier molecular flexibility index (Phi) is 4.69. The number of amides is 1. The fourth-order valence-corrected chi connectivity index (χ4v) is 5.71. The highest BCUT2D eigenvalue weighted by atomic mass is 32.2. The molecule has 0 aromatic carbocycles. The Morgan fingerprint density at radius 2 is 2.10 bits per heavy atom. The topological polar surface area (TPSA) is 79.4 Å². The predicted molar refractivity (Wildman–Crippen MR) is 81.7 cm³/mol. The molecule has 1 saturated heterocycles. The van der Waals surface area contributed by atoms with E-state index in [9.17, 15) is 13.2 Å². The number of piperazine rings is 1. The summed E-state index contributed by atoms with van der Waals surface area (Å²) in [5.41, 5.74) is 0.506. The van der Waals surface area contributed by atoms with Gasteiger partial charge in [-0.25, -0.2) is 13.4 Å². The Balaban J connectivity index is 2.40. The van der Waals surface area contributed by atoms with Crippen molar-refractivity contribution in [3.05, 3.63) is 10.7 Å². The number of nitrogens with one attached hydrogen (secondary N) is 1. The molecule has 1 aromatic heterocycles. The third kappa shape index (κ3) is 3.27. The fourth-order valence-electron chi connectivity index (χ4n) is 2.51. The molecule has 0 radical (unpaired) electrons. The zero-order chi connectivity index (χ0) is 15.8. The number of sulfonamides is 1. The molecule has 2 rings (SSSR count). The molecule has 2 heterocycles. The summed E-state index contributed by atoms with van der Waals surface area (Å²) in [6, 6.07) is -0.634. The van der Waals surface area contributed by atoms with Gasteiger partial charge in [0.1, 0.15) is 6.04 Å². The number of aromatic nitrogens is 1. The van der Waals surface area contributed by atoms with Crippen molar-refractivity contribution < 1.29 is 13.2 Å². The highest BCUT2D eigenvalue weighted by Gasteiger charge is 2.40. The van der Waals surface area contributed by atoms with Crippen LogP contribution in [0.2, 0.25) is 0 Å². The third-order valence-electron chi connectivity index (χ3n) is 3.38. The Hall–Kier alpha value is -0.990. The molecule has 1 aliphatic heterocycles. The van der Waals surface area contributed by atoms with Crippen LogP contribution in [-0.2, 0) is 14.8 Å². The first-order valence-electron chi connectivity index (χ1n) is 6.97. The molecule has 6 nitrogen and oxygen atoms in total. The highest BCUT2D eigenvalue weighted by molar-refractivity contribution is 7.91. The van der Waals surface area contributed by atoms with E-state index in [2.05, 4.69) is 10.3 Å². The lowest BCUT2D eigenvalue weighted by atomic mass is 10.0. The number of hydrogen-bond acceptors (Lipinski definition) is 5. The summed E-state index contributed by atoms with van der Waals surface area (Å²) < 4.78 is 27.3. The van der Waals surface area contributed by atoms with E-state index in [0.717, 1.165) is 11.3 Å². The van der Waals surface area contributed by atoms with Crippen LogP contribution in [0.15, 0.2) is 4.21 Å². The van der Waals surface area contributed by atoms with E-state index < -0.39 is 16.1 Å². The van der Waals surface area contributed by atoms with E-state index in [1.165, 1.54) is 4.31 Å². The van der Waals surface area contributed by atoms with Gasteiger partial charge in [-0.15, -0.1) is 11.3 Å². The molecule has 118 valence electrons. The van der Waals surface area contributed by atoms with Gasteiger partial charge in [0.05, 0.1) is 10.7 Å². The van der Waals surface area contributed by atoms with Crippen LogP contribution in [-0.4, -0.2) is 42.7 Å². The van der Waals surface area contributed by atoms with Gasteiger partial charge >= 0.3 is 0 Å². The summed E-state index contributed by atoms with van der Waals surface area (Å²) in [6.45, 7) is 8.10. The number of nitrogens with zero attached hydrogens (tertiary/aromatic N) is 2. The molecule has 1 unspecified atom stereocenters. The SMILES string of the molecule is Cc1nc(C)c(S(=O)(=O)N2CCNC(=O)C2CC(C)C)s1. The van der Waals surface area contributed by atoms with Crippen molar-refractivity contribution in [3.8, 4) is 0 Å². The minimum atomic E-state index is -3.67. The van der Waals surface area contributed by atoms with Crippen LogP contribution in [0.5, 0.6) is 0 Å². The second-order valence-electron chi connectivity index (χ2n) is 5.66. The molecule has 8 heteroatoms. The minimum absolute atomic E-state index is 0.211. The van der Waals surface area contributed by atoms with E-state index in [-0.39, 0.29) is 16.0 Å². The Morgan fingerprint density at radius 3 is 2.62 bits per heavy atom. The second-order valence-corrected chi connectivity index (χ2v) is 8.95. The second kappa shape index (κ2) is 6.02. The molecule has 0 spiro atoms. The first kappa shape index (κ1) is 16.4. The van der Waals surface area contributed by atoms with E-state index in [0.29, 0.717) is 30.2 Å². The van der Waals surface area contributed by atoms with Gasteiger partial charge in [-0.3, -0.25) is 4.79 Å². The van der Waals surface area contributed by atoms with E-state index >= 15 is 0 Å². The monoisotopic (exact) mass is 331 g/mol. The summed E-state index contributed by atoms with van der Waals surface area (Å²) in [7, 11) is -3.67. The largest absolute Gasteiger partial charge is 0.353 e. The van der Waals surface area contributed by atoms with Crippen molar-refractivity contribution in [1.82, 2.24) is 14.6 Å². The van der Waals surface area contributed by atoms with E-state index in [4.69, 9.17) is 0 Å². The zero-order valence-corrected chi connectivity index (χ0v) is 14.3. The van der Waals surface area contributed by atoms with Crippen LogP contribution in [0.4, 0.5) is 0 Å². The minimum Gasteiger partial charge on any atom is -0.353 e. The third-order valence-corrected chi connectivity index (χ3v) is 6.95. The summed E-state index contributed by atoms with van der Waals surface area (Å²) in [6.07, 6.45) is 0.516. The highest BCUT2D eigenvalue weighted by Crippen LogP contribution is 2.29. The molecular weight excluding hydrogens is 310 g/mol. The molecule has 1 aliphatic rings. The van der Waals surface area contributed by atoms with Crippen LogP contribution in [0.3, 0.4) is 0 Å². The molecule has 21 heavy (non-hydrogen) atoms. The van der Waals surface area contributed by atoms with Gasteiger partial charge in [0, 0.05) is 13.1 Å². The molecule has 0 bridgehead atoms. The summed E-state index contributed by atoms with van der Waals surface area (Å²) in [4.78, 5) is 16.3. The summed E-state index contributed by atoms with van der Waals surface area (Å²) >= 11 is 1.16. The number of aryl methyl sites for hydroxylation is 2. The molecule has 1 N–H and O–H groups in total. The lowest BCUT2D eigenvalue weighted by Crippen LogP contribution is -2.57. The van der Waals surface area contributed by atoms with Gasteiger partial charge in [-0.1, -0.05) is 13.8 Å². The van der Waals surface area contributed by atoms with Crippen molar-refractivity contribution >= 4 is 27.3 Å². The Morgan fingerprint density at radius 1 is 1.43 bits per heavy atom. The first-order valence-corrected chi connectivity index (χ1v) is 9.22. The standard InChI is InChI=1S/C13H21N3O3S2/c1-8(2)7-11-12(17)14-5-6-16(11)21(18,19)13-9(3)15-10(4)20-13/h8,11H,5-7H2,1-4H3,(H,14,17). The van der Waals surface area contributed by atoms with Gasteiger partial charge in [0.25, 0.3) is 10.0 Å². The van der Waals surface area contributed by atoms with E-state index in [1.807, 2.05) is 13.8 Å². The molecule has 1 amide bonds. The molecule has 1 fully saturated rings. The quantitative estimate of drug-likeness (QED) is 0.902. The number of carbonyl (C=O) groups is 1. The van der Waals surface area contributed by atoms with Crippen molar-refractivity contribution in [3.63, 3.8) is 0 Å². The van der Waals surface area contributed by atoms with Crippen molar-refractivity contribution in [1.29, 1.82) is 0 Å². The molecule has 1 atom stereocenters. The van der Waals surface area contributed by atoms with Crippen LogP contribution in [0.25, 0.3) is 0 Å². The van der Waals surface area contributed by atoms with Crippen LogP contribution >= 0.6 is 11.3 Å². The molecule has 0 saturated carbocycles. The first-order chi connectivity index (χ1) is 9.73. The zero-order valence-electron chi connectivity index (χ0n) is 12.7. The predicted octanol–water partition coefficient (Wildman–Crippen LogP) is 1.30. The van der Waals surface area contributed by atoms with Crippen LogP contribution in [0.1, 0.15) is 31.0 Å². The van der Waals surface area contributed by atoms with Crippen molar-refractivity contribution in [2.24, 2.45) is 5.92 Å². The normalized spacial score (nSPS) is 20.8. The number of thiazole rings is 1. The lowest BCUT2D eigenvalue weighted by molar-refractivity contribution is -0.127. The fraction of sp³-hybridized carbons (Fsp3) is 0.692. The van der Waals surface area contributed by atoms with Crippen molar-refractivity contribution in [2.45, 2.75) is 44.4 Å². The maximum Gasteiger partial charge on any atom is 0.255 e. The number of carbonyl (C=O) groups excluding carboxylic acids is 1. The van der Waals surface area contributed by atoms with Crippen LogP contribution in [0, 0.1) is 19.8 Å². The Labute approximate surface area is 129 Å².